The van der Waals surface area contributed by atoms with Gasteiger partial charge in [-0.15, -0.1) is 0 Å². The first kappa shape index (κ1) is 22.2. The lowest BCUT2D eigenvalue weighted by Crippen LogP contribution is -2.50. The SMILES string of the molecule is O=C(c1ccc(COc2ccc3ccccc3c2)o1)N1CCN(S(=O)(=O)c2ccccc2)CC1. The minimum absolute atomic E-state index is 0.203. The number of carbonyl (C=O) groups excluding carboxylic acids is 1. The van der Waals surface area contributed by atoms with Crippen LogP contribution in [0.3, 0.4) is 0 Å². The largest absolute Gasteiger partial charge is 0.486 e. The maximum atomic E-state index is 12.9. The molecule has 34 heavy (non-hydrogen) atoms. The van der Waals surface area contributed by atoms with E-state index in [1.807, 2.05) is 42.5 Å². The van der Waals surface area contributed by atoms with Crippen molar-refractivity contribution in [2.45, 2.75) is 11.5 Å². The number of sulfonamides is 1. The van der Waals surface area contributed by atoms with Crippen LogP contribution in [0.1, 0.15) is 16.3 Å². The van der Waals surface area contributed by atoms with Gasteiger partial charge in [-0.3, -0.25) is 4.79 Å². The first-order valence-corrected chi connectivity index (χ1v) is 12.5. The van der Waals surface area contributed by atoms with Crippen LogP contribution in [0.5, 0.6) is 5.75 Å². The van der Waals surface area contributed by atoms with E-state index < -0.39 is 10.0 Å². The van der Waals surface area contributed by atoms with Gasteiger partial charge in [0.2, 0.25) is 10.0 Å². The molecule has 1 aliphatic rings. The van der Waals surface area contributed by atoms with Crippen LogP contribution in [-0.4, -0.2) is 49.7 Å². The van der Waals surface area contributed by atoms with Gasteiger partial charge >= 0.3 is 0 Å². The van der Waals surface area contributed by atoms with E-state index in [1.54, 1.807) is 47.4 Å². The van der Waals surface area contributed by atoms with Crippen molar-refractivity contribution in [2.75, 3.05) is 26.2 Å². The monoisotopic (exact) mass is 476 g/mol. The van der Waals surface area contributed by atoms with Gasteiger partial charge in [0, 0.05) is 26.2 Å². The van der Waals surface area contributed by atoms with Crippen molar-refractivity contribution in [3.63, 3.8) is 0 Å². The second-order valence-corrected chi connectivity index (χ2v) is 10.0. The number of hydrogen-bond donors (Lipinski definition) is 0. The fourth-order valence-corrected chi connectivity index (χ4v) is 5.45. The van der Waals surface area contributed by atoms with Gasteiger partial charge in [0.15, 0.2) is 5.76 Å². The highest BCUT2D eigenvalue weighted by atomic mass is 32.2. The van der Waals surface area contributed by atoms with Crippen LogP contribution in [0.25, 0.3) is 10.8 Å². The van der Waals surface area contributed by atoms with Crippen molar-refractivity contribution in [3.05, 3.63) is 96.4 Å². The standard InChI is InChI=1S/C26H24N2O5S/c29-26(27-14-16-28(17-15-27)34(30,31)24-8-2-1-3-9-24)25-13-12-23(33-25)19-32-22-11-10-20-6-4-5-7-21(20)18-22/h1-13,18H,14-17,19H2. The van der Waals surface area contributed by atoms with Crippen molar-refractivity contribution in [1.82, 2.24) is 9.21 Å². The van der Waals surface area contributed by atoms with E-state index in [-0.39, 0.29) is 36.3 Å². The molecular formula is C26H24N2O5S. The fourth-order valence-electron chi connectivity index (χ4n) is 4.01. The number of piperazine rings is 1. The highest BCUT2D eigenvalue weighted by Crippen LogP contribution is 2.23. The molecule has 8 heteroatoms. The highest BCUT2D eigenvalue weighted by Gasteiger charge is 2.31. The lowest BCUT2D eigenvalue weighted by Gasteiger charge is -2.33. The smallest absolute Gasteiger partial charge is 0.289 e. The van der Waals surface area contributed by atoms with E-state index >= 15 is 0 Å². The summed E-state index contributed by atoms with van der Waals surface area (Å²) in [5, 5.41) is 2.22. The number of amides is 1. The molecule has 0 bridgehead atoms. The zero-order valence-corrected chi connectivity index (χ0v) is 19.3. The van der Waals surface area contributed by atoms with E-state index in [9.17, 15) is 13.2 Å². The second kappa shape index (κ2) is 9.32. The molecule has 0 radical (unpaired) electrons. The average Bonchev–Trinajstić information content (AvgIpc) is 3.36. The zero-order chi connectivity index (χ0) is 23.5. The van der Waals surface area contributed by atoms with E-state index in [4.69, 9.17) is 9.15 Å². The predicted octanol–water partition coefficient (Wildman–Crippen LogP) is 4.16. The molecule has 0 N–H and O–H groups in total. The number of rotatable bonds is 6. The summed E-state index contributed by atoms with van der Waals surface area (Å²) in [6, 6.07) is 25.6. The summed E-state index contributed by atoms with van der Waals surface area (Å²) in [6.07, 6.45) is 0. The van der Waals surface area contributed by atoms with Crippen molar-refractivity contribution in [1.29, 1.82) is 0 Å². The molecule has 174 valence electrons. The zero-order valence-electron chi connectivity index (χ0n) is 18.5. The molecular weight excluding hydrogens is 452 g/mol. The molecule has 4 aromatic rings. The quantitative estimate of drug-likeness (QED) is 0.418. The summed E-state index contributed by atoms with van der Waals surface area (Å²) in [6.45, 7) is 1.28. The number of ether oxygens (including phenoxy) is 1. The molecule has 0 saturated carbocycles. The van der Waals surface area contributed by atoms with Gasteiger partial charge in [-0.1, -0.05) is 48.5 Å². The lowest BCUT2D eigenvalue weighted by molar-refractivity contribution is 0.0662. The van der Waals surface area contributed by atoms with Crippen molar-refractivity contribution < 1.29 is 22.4 Å². The first-order valence-electron chi connectivity index (χ1n) is 11.1. The summed E-state index contributed by atoms with van der Waals surface area (Å²) < 4.78 is 38.6. The summed E-state index contributed by atoms with van der Waals surface area (Å²) >= 11 is 0. The Kier molecular flexibility index (Phi) is 6.08. The third-order valence-electron chi connectivity index (χ3n) is 5.88. The van der Waals surface area contributed by atoms with Gasteiger partial charge in [0.1, 0.15) is 18.1 Å². The van der Waals surface area contributed by atoms with Crippen molar-refractivity contribution >= 4 is 26.7 Å². The number of nitrogens with zero attached hydrogens (tertiary/aromatic N) is 2. The third kappa shape index (κ3) is 4.55. The number of carbonyl (C=O) groups is 1. The van der Waals surface area contributed by atoms with Crippen LogP contribution in [0.15, 0.2) is 94.2 Å². The third-order valence-corrected chi connectivity index (χ3v) is 7.79. The minimum atomic E-state index is -3.56. The molecule has 2 heterocycles. The van der Waals surface area contributed by atoms with Gasteiger partial charge < -0.3 is 14.1 Å². The molecule has 0 unspecified atom stereocenters. The van der Waals surface area contributed by atoms with Gasteiger partial charge in [-0.2, -0.15) is 4.31 Å². The maximum absolute atomic E-state index is 12.9. The Morgan fingerprint density at radius 3 is 2.29 bits per heavy atom. The number of benzene rings is 3. The first-order chi connectivity index (χ1) is 16.5. The lowest BCUT2D eigenvalue weighted by atomic mass is 10.1. The summed E-state index contributed by atoms with van der Waals surface area (Å²) in [4.78, 5) is 14.8. The number of fused-ring (bicyclic) bond motifs is 1. The molecule has 7 nitrogen and oxygen atoms in total. The molecule has 3 aromatic carbocycles. The summed E-state index contributed by atoms with van der Waals surface area (Å²) in [7, 11) is -3.56. The number of hydrogen-bond acceptors (Lipinski definition) is 5. The minimum Gasteiger partial charge on any atom is -0.486 e. The molecule has 5 rings (SSSR count). The molecule has 1 aliphatic heterocycles. The normalized spacial score (nSPS) is 14.9. The topological polar surface area (TPSA) is 80.1 Å². The Balaban J connectivity index is 1.18. The van der Waals surface area contributed by atoms with Gasteiger partial charge in [-0.25, -0.2) is 8.42 Å². The Morgan fingerprint density at radius 1 is 0.824 bits per heavy atom. The van der Waals surface area contributed by atoms with Crippen LogP contribution >= 0.6 is 0 Å². The molecule has 1 saturated heterocycles. The highest BCUT2D eigenvalue weighted by molar-refractivity contribution is 7.89. The van der Waals surface area contributed by atoms with E-state index in [0.29, 0.717) is 18.8 Å². The van der Waals surface area contributed by atoms with Crippen LogP contribution in [0.2, 0.25) is 0 Å². The predicted molar refractivity (Wildman–Crippen MR) is 128 cm³/mol. The molecule has 0 aliphatic carbocycles. The van der Waals surface area contributed by atoms with Crippen LogP contribution < -0.4 is 4.74 Å². The van der Waals surface area contributed by atoms with Crippen molar-refractivity contribution in [3.8, 4) is 5.75 Å². The van der Waals surface area contributed by atoms with Crippen LogP contribution in [0, 0.1) is 0 Å². The van der Waals surface area contributed by atoms with Crippen LogP contribution in [-0.2, 0) is 16.6 Å². The molecule has 0 atom stereocenters. The van der Waals surface area contributed by atoms with Gasteiger partial charge in [-0.05, 0) is 47.2 Å². The maximum Gasteiger partial charge on any atom is 0.289 e. The second-order valence-electron chi connectivity index (χ2n) is 8.07. The van der Waals surface area contributed by atoms with Gasteiger partial charge in [0.25, 0.3) is 5.91 Å². The Hall–Kier alpha value is -3.62. The molecule has 1 aromatic heterocycles. The van der Waals surface area contributed by atoms with Crippen LogP contribution in [0.4, 0.5) is 0 Å². The van der Waals surface area contributed by atoms with E-state index in [1.165, 1.54) is 4.31 Å². The Bertz CT molecular complexity index is 1410. The van der Waals surface area contributed by atoms with Crippen molar-refractivity contribution in [2.24, 2.45) is 0 Å². The van der Waals surface area contributed by atoms with Gasteiger partial charge in [0.05, 0.1) is 4.90 Å². The number of furan rings is 1. The molecule has 1 fully saturated rings. The Morgan fingerprint density at radius 2 is 1.53 bits per heavy atom. The van der Waals surface area contributed by atoms with E-state index in [2.05, 4.69) is 0 Å². The van der Waals surface area contributed by atoms with E-state index in [0.717, 1.165) is 16.5 Å². The average molecular weight is 477 g/mol. The fraction of sp³-hybridized carbons (Fsp3) is 0.192. The summed E-state index contributed by atoms with van der Waals surface area (Å²) in [5.74, 6) is 1.23. The summed E-state index contributed by atoms with van der Waals surface area (Å²) in [5.41, 5.74) is 0. The molecule has 1 amide bonds. The molecule has 0 spiro atoms. The Labute approximate surface area is 198 Å².